The Hall–Kier alpha value is -3.44. The van der Waals surface area contributed by atoms with Gasteiger partial charge in [-0.05, 0) is 55.0 Å². The zero-order chi connectivity index (χ0) is 25.4. The SMILES string of the molecule is CNc1ncnc2c1ccn2[C@@H]1C[C@H](CCc2ccc3ccc(NCC(F)(F)F)nc3c2)[C@@H](O)[C@H]1O. The molecule has 36 heavy (non-hydrogen) atoms. The number of fused-ring (bicyclic) bond motifs is 2. The molecule has 1 aromatic carbocycles. The third-order valence-corrected chi connectivity index (χ3v) is 6.90. The number of benzene rings is 1. The van der Waals surface area contributed by atoms with Crippen molar-refractivity contribution in [3.8, 4) is 0 Å². The van der Waals surface area contributed by atoms with Crippen LogP contribution in [0.15, 0.2) is 48.9 Å². The summed E-state index contributed by atoms with van der Waals surface area (Å²) in [6.07, 6.45) is -0.936. The average molecular weight is 501 g/mol. The quantitative estimate of drug-likeness (QED) is 0.305. The Kier molecular flexibility index (Phi) is 6.44. The number of anilines is 2. The van der Waals surface area contributed by atoms with Gasteiger partial charge in [-0.3, -0.25) is 0 Å². The molecule has 0 unspecified atom stereocenters. The lowest BCUT2D eigenvalue weighted by Crippen LogP contribution is -2.29. The lowest BCUT2D eigenvalue weighted by molar-refractivity contribution is -0.115. The van der Waals surface area contributed by atoms with Crippen LogP contribution in [0.4, 0.5) is 24.8 Å². The molecule has 5 rings (SSSR count). The molecular formula is C25H27F3N6O2. The summed E-state index contributed by atoms with van der Waals surface area (Å²) in [5, 5.41) is 28.6. The maximum absolute atomic E-state index is 12.5. The summed E-state index contributed by atoms with van der Waals surface area (Å²) in [7, 11) is 1.78. The number of hydrogen-bond acceptors (Lipinski definition) is 7. The van der Waals surface area contributed by atoms with Crippen molar-refractivity contribution >= 4 is 33.6 Å². The summed E-state index contributed by atoms with van der Waals surface area (Å²) >= 11 is 0. The van der Waals surface area contributed by atoms with E-state index in [0.717, 1.165) is 16.3 Å². The number of aliphatic hydroxyl groups is 2. The molecule has 1 aliphatic carbocycles. The minimum Gasteiger partial charge on any atom is -0.390 e. The number of rotatable bonds is 7. The van der Waals surface area contributed by atoms with E-state index in [2.05, 4.69) is 25.6 Å². The van der Waals surface area contributed by atoms with Gasteiger partial charge in [0.1, 0.15) is 36.3 Å². The Bertz CT molecular complexity index is 1380. The first kappa shape index (κ1) is 24.3. The highest BCUT2D eigenvalue weighted by Crippen LogP contribution is 2.40. The number of aliphatic hydroxyl groups excluding tert-OH is 2. The second kappa shape index (κ2) is 9.55. The number of aromatic nitrogens is 4. The first-order chi connectivity index (χ1) is 17.2. The van der Waals surface area contributed by atoms with Crippen LogP contribution in [-0.4, -0.2) is 61.7 Å². The molecule has 3 heterocycles. The Morgan fingerprint density at radius 2 is 1.89 bits per heavy atom. The minimum atomic E-state index is -4.32. The summed E-state index contributed by atoms with van der Waals surface area (Å²) in [6, 6.07) is 10.5. The predicted molar refractivity (Wildman–Crippen MR) is 131 cm³/mol. The van der Waals surface area contributed by atoms with Gasteiger partial charge in [0, 0.05) is 18.6 Å². The molecule has 11 heteroatoms. The van der Waals surface area contributed by atoms with Gasteiger partial charge in [-0.2, -0.15) is 13.2 Å². The zero-order valence-corrected chi connectivity index (χ0v) is 19.6. The molecule has 0 spiro atoms. The van der Waals surface area contributed by atoms with E-state index in [1.165, 1.54) is 12.4 Å². The Morgan fingerprint density at radius 1 is 1.08 bits per heavy atom. The topological polar surface area (TPSA) is 108 Å². The molecule has 0 saturated heterocycles. The number of nitrogens with zero attached hydrogens (tertiary/aromatic N) is 4. The van der Waals surface area contributed by atoms with Crippen molar-refractivity contribution < 1.29 is 23.4 Å². The molecule has 8 nitrogen and oxygen atoms in total. The standard InChI is InChI=1S/C25H27F3N6O2/c1-29-23-17-8-9-34(24(17)32-13-31-23)19-11-16(21(35)22(19)36)5-3-14-2-4-15-6-7-20(33-18(15)10-14)30-12-25(26,27)28/h2,4,6-10,13,16,19,21-22,35-36H,3,5,11-12H2,1H3,(H,30,33)(H,29,31,32)/t16-,19+,21+,22-/m0/s1. The van der Waals surface area contributed by atoms with Crippen molar-refractivity contribution in [2.24, 2.45) is 5.92 Å². The van der Waals surface area contributed by atoms with E-state index in [1.54, 1.807) is 13.1 Å². The van der Waals surface area contributed by atoms with E-state index >= 15 is 0 Å². The maximum Gasteiger partial charge on any atom is 0.405 e. The summed E-state index contributed by atoms with van der Waals surface area (Å²) < 4.78 is 39.5. The van der Waals surface area contributed by atoms with Crippen LogP contribution in [0.5, 0.6) is 0 Å². The Morgan fingerprint density at radius 3 is 2.67 bits per heavy atom. The number of pyridine rings is 1. The van der Waals surface area contributed by atoms with Gasteiger partial charge in [0.25, 0.3) is 0 Å². The van der Waals surface area contributed by atoms with E-state index in [1.807, 2.05) is 35.0 Å². The predicted octanol–water partition coefficient (Wildman–Crippen LogP) is 3.91. The number of halogens is 3. The molecule has 4 aromatic rings. The largest absolute Gasteiger partial charge is 0.405 e. The van der Waals surface area contributed by atoms with Crippen molar-refractivity contribution in [2.75, 3.05) is 24.2 Å². The van der Waals surface area contributed by atoms with Crippen molar-refractivity contribution in [3.05, 3.63) is 54.5 Å². The van der Waals surface area contributed by atoms with Crippen LogP contribution in [0.2, 0.25) is 0 Å². The third-order valence-electron chi connectivity index (χ3n) is 6.90. The second-order valence-electron chi connectivity index (χ2n) is 9.21. The highest BCUT2D eigenvalue weighted by Gasteiger charge is 2.42. The van der Waals surface area contributed by atoms with Gasteiger partial charge in [-0.1, -0.05) is 12.1 Å². The molecule has 0 radical (unpaired) electrons. The summed E-state index contributed by atoms with van der Waals surface area (Å²) in [5.41, 5.74) is 2.26. The van der Waals surface area contributed by atoms with E-state index in [9.17, 15) is 23.4 Å². The van der Waals surface area contributed by atoms with Crippen LogP contribution >= 0.6 is 0 Å². The molecule has 1 saturated carbocycles. The van der Waals surface area contributed by atoms with Gasteiger partial charge in [-0.25, -0.2) is 15.0 Å². The zero-order valence-electron chi connectivity index (χ0n) is 19.6. The molecular weight excluding hydrogens is 473 g/mol. The molecule has 0 aliphatic heterocycles. The fourth-order valence-corrected chi connectivity index (χ4v) is 5.06. The molecule has 190 valence electrons. The van der Waals surface area contributed by atoms with Crippen LogP contribution < -0.4 is 10.6 Å². The first-order valence-corrected chi connectivity index (χ1v) is 11.8. The van der Waals surface area contributed by atoms with Crippen LogP contribution in [0, 0.1) is 5.92 Å². The van der Waals surface area contributed by atoms with Crippen LogP contribution in [0.3, 0.4) is 0 Å². The van der Waals surface area contributed by atoms with E-state index in [0.29, 0.717) is 36.2 Å². The lowest BCUT2D eigenvalue weighted by Gasteiger charge is -2.19. The highest BCUT2D eigenvalue weighted by atomic mass is 19.4. The molecule has 4 N–H and O–H groups in total. The smallest absolute Gasteiger partial charge is 0.390 e. The van der Waals surface area contributed by atoms with Crippen LogP contribution in [-0.2, 0) is 6.42 Å². The highest BCUT2D eigenvalue weighted by molar-refractivity contribution is 5.87. The van der Waals surface area contributed by atoms with E-state index in [-0.39, 0.29) is 17.8 Å². The summed E-state index contributed by atoms with van der Waals surface area (Å²) in [4.78, 5) is 12.9. The van der Waals surface area contributed by atoms with Crippen molar-refractivity contribution in [1.29, 1.82) is 0 Å². The molecule has 1 aliphatic rings. The van der Waals surface area contributed by atoms with Crippen LogP contribution in [0.1, 0.15) is 24.4 Å². The third kappa shape index (κ3) is 4.80. The molecule has 1 fully saturated rings. The van der Waals surface area contributed by atoms with Gasteiger partial charge in [0.15, 0.2) is 0 Å². The number of nitrogens with one attached hydrogen (secondary N) is 2. The monoisotopic (exact) mass is 500 g/mol. The fraction of sp³-hybridized carbons (Fsp3) is 0.400. The maximum atomic E-state index is 12.5. The molecule has 0 bridgehead atoms. The lowest BCUT2D eigenvalue weighted by atomic mass is 9.95. The first-order valence-electron chi connectivity index (χ1n) is 11.8. The van der Waals surface area contributed by atoms with Gasteiger partial charge in [0.2, 0.25) is 0 Å². The van der Waals surface area contributed by atoms with Crippen molar-refractivity contribution in [2.45, 2.75) is 43.7 Å². The van der Waals surface area contributed by atoms with Gasteiger partial charge in [0.05, 0.1) is 23.0 Å². The molecule has 0 amide bonds. The van der Waals surface area contributed by atoms with Crippen molar-refractivity contribution in [1.82, 2.24) is 19.5 Å². The summed E-state index contributed by atoms with van der Waals surface area (Å²) in [6.45, 7) is -1.15. The van der Waals surface area contributed by atoms with E-state index in [4.69, 9.17) is 0 Å². The van der Waals surface area contributed by atoms with Gasteiger partial charge >= 0.3 is 6.18 Å². The Balaban J connectivity index is 1.29. The fourth-order valence-electron chi connectivity index (χ4n) is 5.06. The number of aryl methyl sites for hydroxylation is 1. The van der Waals surface area contributed by atoms with Gasteiger partial charge < -0.3 is 25.4 Å². The van der Waals surface area contributed by atoms with Crippen molar-refractivity contribution in [3.63, 3.8) is 0 Å². The average Bonchev–Trinajstić information content (AvgIpc) is 3.41. The van der Waals surface area contributed by atoms with Gasteiger partial charge in [-0.15, -0.1) is 0 Å². The second-order valence-corrected chi connectivity index (χ2v) is 9.21. The van der Waals surface area contributed by atoms with E-state index < -0.39 is 24.9 Å². The minimum absolute atomic E-state index is 0.128. The molecule has 4 atom stereocenters. The summed E-state index contributed by atoms with van der Waals surface area (Å²) in [5.74, 6) is 0.736. The number of hydrogen-bond donors (Lipinski definition) is 4. The number of alkyl halides is 3. The molecule has 3 aromatic heterocycles. The van der Waals surface area contributed by atoms with Crippen LogP contribution in [0.25, 0.3) is 21.9 Å². The normalized spacial score (nSPS) is 22.4. The Labute approximate surface area is 205 Å².